The number of carbonyl (C=O) groups excluding carboxylic acids is 1. The summed E-state index contributed by atoms with van der Waals surface area (Å²) < 4.78 is 17.3. The second-order valence-corrected chi connectivity index (χ2v) is 7.95. The molecule has 174 valence electrons. The van der Waals surface area contributed by atoms with Gasteiger partial charge in [0.1, 0.15) is 11.3 Å². The lowest BCUT2D eigenvalue weighted by Crippen LogP contribution is -2.20. The molecule has 0 spiro atoms. The van der Waals surface area contributed by atoms with Crippen LogP contribution in [0, 0.1) is 0 Å². The Balaban J connectivity index is 1.64. The van der Waals surface area contributed by atoms with Gasteiger partial charge < -0.3 is 13.9 Å². The van der Waals surface area contributed by atoms with Gasteiger partial charge in [0.2, 0.25) is 5.82 Å². The topological polar surface area (TPSA) is 95.9 Å². The maximum absolute atomic E-state index is 13.4. The first kappa shape index (κ1) is 22.4. The van der Waals surface area contributed by atoms with Gasteiger partial charge in [-0.3, -0.25) is 4.79 Å². The number of hydrogen-bond acceptors (Lipinski definition) is 7. The number of halogens is 1. The maximum Gasteiger partial charge on any atom is 0.343 e. The molecular formula is C26H18ClN3O5. The standard InChI is InChI=1S/C26H18ClN3O5/c1-33-24(31)15-34-21-9-5-2-6-16(21)14-28-30-25(29-20-8-4-3-7-19(20)26(30)32)23-13-17-12-18(27)10-11-22(17)35-23/h2-14H,15H2,1H3. The van der Waals surface area contributed by atoms with E-state index in [4.69, 9.17) is 20.8 Å². The molecule has 5 rings (SSSR count). The van der Waals surface area contributed by atoms with E-state index in [9.17, 15) is 9.59 Å². The second-order valence-electron chi connectivity index (χ2n) is 7.51. The zero-order chi connectivity index (χ0) is 24.4. The highest BCUT2D eigenvalue weighted by Gasteiger charge is 2.17. The summed E-state index contributed by atoms with van der Waals surface area (Å²) in [6, 6.07) is 21.0. The van der Waals surface area contributed by atoms with Crippen LogP contribution in [0.2, 0.25) is 5.02 Å². The van der Waals surface area contributed by atoms with Crippen molar-refractivity contribution in [2.45, 2.75) is 0 Å². The Morgan fingerprint density at radius 1 is 1.11 bits per heavy atom. The van der Waals surface area contributed by atoms with Crippen LogP contribution in [0.3, 0.4) is 0 Å². The number of aromatic nitrogens is 2. The van der Waals surface area contributed by atoms with E-state index in [0.29, 0.717) is 38.6 Å². The van der Waals surface area contributed by atoms with Gasteiger partial charge in [0.25, 0.3) is 5.56 Å². The number of benzene rings is 3. The molecular weight excluding hydrogens is 470 g/mol. The molecule has 0 bridgehead atoms. The predicted octanol–water partition coefficient (Wildman–Crippen LogP) is 4.90. The molecule has 0 atom stereocenters. The summed E-state index contributed by atoms with van der Waals surface area (Å²) in [6.07, 6.45) is 1.47. The zero-order valence-electron chi connectivity index (χ0n) is 18.5. The SMILES string of the molecule is COC(=O)COc1ccccc1C=Nn1c(-c2cc3cc(Cl)ccc3o2)nc2ccccc2c1=O. The van der Waals surface area contributed by atoms with Gasteiger partial charge in [-0.25, -0.2) is 9.78 Å². The average Bonchev–Trinajstić information content (AvgIpc) is 3.30. The van der Waals surface area contributed by atoms with Crippen molar-refractivity contribution in [3.8, 4) is 17.3 Å². The number of carbonyl (C=O) groups is 1. The second kappa shape index (κ2) is 9.44. The van der Waals surface area contributed by atoms with Gasteiger partial charge >= 0.3 is 5.97 Å². The molecule has 35 heavy (non-hydrogen) atoms. The van der Waals surface area contributed by atoms with E-state index in [-0.39, 0.29) is 18.0 Å². The van der Waals surface area contributed by atoms with Crippen LogP contribution < -0.4 is 10.3 Å². The Bertz CT molecular complexity index is 1650. The summed E-state index contributed by atoms with van der Waals surface area (Å²) in [7, 11) is 1.28. The largest absolute Gasteiger partial charge is 0.481 e. The number of furan rings is 1. The molecule has 0 aliphatic carbocycles. The quantitative estimate of drug-likeness (QED) is 0.250. The molecule has 9 heteroatoms. The van der Waals surface area contributed by atoms with Gasteiger partial charge in [0.15, 0.2) is 12.4 Å². The molecule has 0 radical (unpaired) electrons. The van der Waals surface area contributed by atoms with Crippen molar-refractivity contribution < 1.29 is 18.7 Å². The van der Waals surface area contributed by atoms with Gasteiger partial charge in [0, 0.05) is 16.0 Å². The summed E-state index contributed by atoms with van der Waals surface area (Å²) >= 11 is 6.12. The monoisotopic (exact) mass is 487 g/mol. The lowest BCUT2D eigenvalue weighted by molar-refractivity contribution is -0.142. The van der Waals surface area contributed by atoms with E-state index in [1.807, 2.05) is 0 Å². The fourth-order valence-corrected chi connectivity index (χ4v) is 3.73. The van der Waals surface area contributed by atoms with Crippen LogP contribution in [0.5, 0.6) is 5.75 Å². The van der Waals surface area contributed by atoms with Crippen LogP contribution in [0.15, 0.2) is 87.1 Å². The van der Waals surface area contributed by atoms with Crippen LogP contribution in [0.25, 0.3) is 33.5 Å². The molecule has 0 saturated carbocycles. The van der Waals surface area contributed by atoms with Crippen LogP contribution >= 0.6 is 11.6 Å². The minimum absolute atomic E-state index is 0.227. The van der Waals surface area contributed by atoms with E-state index < -0.39 is 5.97 Å². The van der Waals surface area contributed by atoms with Crippen molar-refractivity contribution in [2.24, 2.45) is 5.10 Å². The van der Waals surface area contributed by atoms with Crippen LogP contribution in [-0.2, 0) is 9.53 Å². The van der Waals surface area contributed by atoms with E-state index in [1.165, 1.54) is 18.0 Å². The average molecular weight is 488 g/mol. The van der Waals surface area contributed by atoms with Crippen molar-refractivity contribution in [1.82, 2.24) is 9.66 Å². The fourth-order valence-electron chi connectivity index (χ4n) is 3.55. The molecule has 0 fully saturated rings. The molecule has 0 unspecified atom stereocenters. The molecule has 8 nitrogen and oxygen atoms in total. The summed E-state index contributed by atoms with van der Waals surface area (Å²) in [5, 5.41) is 6.17. The minimum Gasteiger partial charge on any atom is -0.481 e. The third-order valence-corrected chi connectivity index (χ3v) is 5.49. The summed E-state index contributed by atoms with van der Waals surface area (Å²) in [5.41, 5.74) is 1.30. The minimum atomic E-state index is -0.515. The number of rotatable bonds is 6. The summed E-state index contributed by atoms with van der Waals surface area (Å²) in [6.45, 7) is -0.258. The molecule has 0 N–H and O–H groups in total. The molecule has 2 aromatic heterocycles. The van der Waals surface area contributed by atoms with Crippen LogP contribution in [0.1, 0.15) is 5.56 Å². The number of fused-ring (bicyclic) bond motifs is 2. The third kappa shape index (κ3) is 4.51. The molecule has 5 aromatic rings. The van der Waals surface area contributed by atoms with E-state index >= 15 is 0 Å². The lowest BCUT2D eigenvalue weighted by Gasteiger charge is -2.09. The molecule has 0 aliphatic heterocycles. The van der Waals surface area contributed by atoms with Crippen molar-refractivity contribution in [2.75, 3.05) is 13.7 Å². The smallest absolute Gasteiger partial charge is 0.343 e. The summed E-state index contributed by atoms with van der Waals surface area (Å²) in [5.74, 6) is 0.477. The number of esters is 1. The van der Waals surface area contributed by atoms with Gasteiger partial charge in [0.05, 0.1) is 24.2 Å². The number of hydrogen-bond donors (Lipinski definition) is 0. The van der Waals surface area contributed by atoms with E-state index in [1.54, 1.807) is 72.8 Å². The first-order valence-electron chi connectivity index (χ1n) is 10.6. The molecule has 3 aromatic carbocycles. The van der Waals surface area contributed by atoms with Crippen molar-refractivity contribution in [1.29, 1.82) is 0 Å². The number of ether oxygens (including phenoxy) is 2. The molecule has 0 saturated heterocycles. The van der Waals surface area contributed by atoms with Crippen molar-refractivity contribution in [3.63, 3.8) is 0 Å². The van der Waals surface area contributed by atoms with Gasteiger partial charge in [-0.05, 0) is 48.5 Å². The van der Waals surface area contributed by atoms with Crippen LogP contribution in [0.4, 0.5) is 0 Å². The number of para-hydroxylation sites is 2. The van der Waals surface area contributed by atoms with Gasteiger partial charge in [-0.1, -0.05) is 35.9 Å². The van der Waals surface area contributed by atoms with Gasteiger partial charge in [-0.15, -0.1) is 0 Å². The highest BCUT2D eigenvalue weighted by molar-refractivity contribution is 6.31. The Kier molecular flexibility index (Phi) is 6.03. The fraction of sp³-hybridized carbons (Fsp3) is 0.0769. The van der Waals surface area contributed by atoms with E-state index in [2.05, 4.69) is 14.8 Å². The first-order chi connectivity index (χ1) is 17.0. The highest BCUT2D eigenvalue weighted by Crippen LogP contribution is 2.29. The summed E-state index contributed by atoms with van der Waals surface area (Å²) in [4.78, 5) is 29.6. The van der Waals surface area contributed by atoms with Crippen LogP contribution in [-0.4, -0.2) is 35.6 Å². The normalized spacial score (nSPS) is 11.4. The molecule has 0 amide bonds. The zero-order valence-corrected chi connectivity index (χ0v) is 19.2. The Labute approximate surface area is 204 Å². The lowest BCUT2D eigenvalue weighted by atomic mass is 10.2. The Morgan fingerprint density at radius 3 is 2.77 bits per heavy atom. The molecule has 2 heterocycles. The number of nitrogens with zero attached hydrogens (tertiary/aromatic N) is 3. The number of methoxy groups -OCH3 is 1. The van der Waals surface area contributed by atoms with Crippen molar-refractivity contribution in [3.05, 3.63) is 93.7 Å². The Morgan fingerprint density at radius 2 is 1.91 bits per heavy atom. The third-order valence-electron chi connectivity index (χ3n) is 5.26. The Hall–Kier alpha value is -4.43. The predicted molar refractivity (Wildman–Crippen MR) is 133 cm³/mol. The van der Waals surface area contributed by atoms with Gasteiger partial charge in [-0.2, -0.15) is 9.78 Å². The van der Waals surface area contributed by atoms with E-state index in [0.717, 1.165) is 5.39 Å². The highest BCUT2D eigenvalue weighted by atomic mass is 35.5. The van der Waals surface area contributed by atoms with Crippen molar-refractivity contribution >= 4 is 45.7 Å². The first-order valence-corrected chi connectivity index (χ1v) is 11.0. The maximum atomic E-state index is 13.4. The molecule has 0 aliphatic rings.